The number of anilines is 3. The molecule has 2 fully saturated rings. The fourth-order valence-electron chi connectivity index (χ4n) is 3.85. The van der Waals surface area contributed by atoms with Crippen molar-refractivity contribution in [2.24, 2.45) is 5.84 Å². The second kappa shape index (κ2) is 10.3. The largest absolute Gasteiger partial charge is 0.458 e. The van der Waals surface area contributed by atoms with Gasteiger partial charge in [-0.3, -0.25) is 0 Å². The number of carbonyl (C=O) groups is 2. The molecule has 5 N–H and O–H groups in total. The summed E-state index contributed by atoms with van der Waals surface area (Å²) in [6.45, 7) is 14.2. The zero-order chi connectivity index (χ0) is 25.1. The van der Waals surface area contributed by atoms with Crippen LogP contribution in [0.15, 0.2) is 6.07 Å². The molecule has 12 heteroatoms. The van der Waals surface area contributed by atoms with E-state index in [0.29, 0.717) is 56.9 Å². The lowest BCUT2D eigenvalue weighted by Gasteiger charge is -2.38. The molecule has 0 aliphatic carbocycles. The Bertz CT molecular complexity index is 816. The number of hydrogen-bond acceptors (Lipinski definition) is 12. The summed E-state index contributed by atoms with van der Waals surface area (Å²) in [6.07, 6.45) is 0. The quantitative estimate of drug-likeness (QED) is 0.257. The third-order valence-electron chi connectivity index (χ3n) is 5.24. The van der Waals surface area contributed by atoms with Crippen LogP contribution in [-0.4, -0.2) is 84.5 Å². The summed E-state index contributed by atoms with van der Waals surface area (Å²) in [6, 6.07) is 0.529. The monoisotopic (exact) mass is 478 g/mol. The SMILES string of the molecule is CC(C)(C)OC(=O)C1CNCCN1c1cc(NN)nc(N2CCNCC2C(=O)OC(C)(C)C)n1. The number of hydrazine groups is 1. The van der Waals surface area contributed by atoms with E-state index in [0.717, 1.165) is 0 Å². The first kappa shape index (κ1) is 25.9. The standard InChI is InChI=1S/C22H38N8O4/c1-21(2,3)33-18(31)14-12-24-7-9-29(14)17-11-16(28-23)26-20(27-17)30-10-8-25-13-15(30)19(32)34-22(4,5)6/h11,14-15,24-25H,7-10,12-13,23H2,1-6H3,(H,26,27,28). The number of nitrogens with two attached hydrogens (primary N) is 1. The van der Waals surface area contributed by atoms with Gasteiger partial charge in [0.25, 0.3) is 0 Å². The van der Waals surface area contributed by atoms with Crippen molar-refractivity contribution < 1.29 is 19.1 Å². The van der Waals surface area contributed by atoms with E-state index < -0.39 is 23.3 Å². The van der Waals surface area contributed by atoms with Crippen molar-refractivity contribution in [3.8, 4) is 0 Å². The maximum atomic E-state index is 12.9. The zero-order valence-corrected chi connectivity index (χ0v) is 21.0. The molecule has 3 heterocycles. The van der Waals surface area contributed by atoms with Gasteiger partial charge in [-0.25, -0.2) is 15.4 Å². The summed E-state index contributed by atoms with van der Waals surface area (Å²) in [5.41, 5.74) is 1.36. The van der Waals surface area contributed by atoms with Crippen LogP contribution in [0.4, 0.5) is 17.6 Å². The fraction of sp³-hybridized carbons (Fsp3) is 0.727. The molecule has 0 radical (unpaired) electrons. The van der Waals surface area contributed by atoms with Crippen LogP contribution in [0.5, 0.6) is 0 Å². The van der Waals surface area contributed by atoms with E-state index in [-0.39, 0.29) is 11.9 Å². The van der Waals surface area contributed by atoms with Crippen molar-refractivity contribution in [3.63, 3.8) is 0 Å². The van der Waals surface area contributed by atoms with Gasteiger partial charge in [-0.2, -0.15) is 9.97 Å². The topological polar surface area (TPSA) is 147 Å². The van der Waals surface area contributed by atoms with Crippen molar-refractivity contribution in [1.82, 2.24) is 20.6 Å². The number of ether oxygens (including phenoxy) is 2. The molecular formula is C22H38N8O4. The normalized spacial score (nSPS) is 21.7. The van der Waals surface area contributed by atoms with E-state index >= 15 is 0 Å². The molecule has 0 saturated carbocycles. The minimum Gasteiger partial charge on any atom is -0.458 e. The van der Waals surface area contributed by atoms with Gasteiger partial charge in [-0.05, 0) is 41.5 Å². The van der Waals surface area contributed by atoms with Crippen LogP contribution in [0.3, 0.4) is 0 Å². The summed E-state index contributed by atoms with van der Waals surface area (Å²) >= 11 is 0. The molecule has 2 unspecified atom stereocenters. The summed E-state index contributed by atoms with van der Waals surface area (Å²) < 4.78 is 11.3. The molecular weight excluding hydrogens is 440 g/mol. The van der Waals surface area contributed by atoms with Gasteiger partial charge in [0, 0.05) is 45.3 Å². The van der Waals surface area contributed by atoms with Gasteiger partial charge in [0.2, 0.25) is 5.95 Å². The van der Waals surface area contributed by atoms with Crippen molar-refractivity contribution in [2.75, 3.05) is 54.5 Å². The van der Waals surface area contributed by atoms with Gasteiger partial charge in [0.1, 0.15) is 34.9 Å². The molecule has 0 bridgehead atoms. The molecule has 12 nitrogen and oxygen atoms in total. The van der Waals surface area contributed by atoms with Gasteiger partial charge in [0.05, 0.1) is 0 Å². The number of hydrogen-bond donors (Lipinski definition) is 4. The van der Waals surface area contributed by atoms with Crippen molar-refractivity contribution >= 4 is 29.5 Å². The highest BCUT2D eigenvalue weighted by atomic mass is 16.6. The lowest BCUT2D eigenvalue weighted by atomic mass is 10.1. The van der Waals surface area contributed by atoms with E-state index in [9.17, 15) is 9.59 Å². The molecule has 2 aliphatic heterocycles. The highest BCUT2D eigenvalue weighted by Gasteiger charge is 2.37. The Morgan fingerprint density at radius 2 is 1.44 bits per heavy atom. The number of nitrogens with zero attached hydrogens (tertiary/aromatic N) is 4. The van der Waals surface area contributed by atoms with Crippen LogP contribution in [0.2, 0.25) is 0 Å². The van der Waals surface area contributed by atoms with Gasteiger partial charge in [-0.1, -0.05) is 0 Å². The summed E-state index contributed by atoms with van der Waals surface area (Å²) in [7, 11) is 0. The number of carbonyl (C=O) groups excluding carboxylic acids is 2. The number of nitrogens with one attached hydrogen (secondary N) is 3. The van der Waals surface area contributed by atoms with Gasteiger partial charge in [0.15, 0.2) is 0 Å². The van der Waals surface area contributed by atoms with Crippen LogP contribution in [0, 0.1) is 0 Å². The van der Waals surface area contributed by atoms with E-state index in [2.05, 4.69) is 21.0 Å². The Hall–Kier alpha value is -2.70. The Balaban J connectivity index is 1.94. The van der Waals surface area contributed by atoms with Crippen LogP contribution in [0.1, 0.15) is 41.5 Å². The molecule has 0 amide bonds. The van der Waals surface area contributed by atoms with Gasteiger partial charge >= 0.3 is 11.9 Å². The molecule has 1 aromatic heterocycles. The van der Waals surface area contributed by atoms with E-state index in [1.54, 1.807) is 6.07 Å². The maximum Gasteiger partial charge on any atom is 0.330 e. The van der Waals surface area contributed by atoms with E-state index in [1.807, 2.05) is 51.3 Å². The first-order valence-electron chi connectivity index (χ1n) is 11.6. The first-order chi connectivity index (χ1) is 15.9. The zero-order valence-electron chi connectivity index (χ0n) is 21.0. The lowest BCUT2D eigenvalue weighted by molar-refractivity contribution is -0.157. The Kier molecular flexibility index (Phi) is 7.84. The highest BCUT2D eigenvalue weighted by Crippen LogP contribution is 2.26. The first-order valence-corrected chi connectivity index (χ1v) is 11.6. The maximum absolute atomic E-state index is 12.9. The fourth-order valence-corrected chi connectivity index (χ4v) is 3.85. The molecule has 3 rings (SSSR count). The third kappa shape index (κ3) is 6.67. The number of nitrogen functional groups attached to an aromatic ring is 1. The highest BCUT2D eigenvalue weighted by molar-refractivity contribution is 5.82. The molecule has 0 spiro atoms. The number of rotatable bonds is 5. The van der Waals surface area contributed by atoms with E-state index in [1.165, 1.54) is 0 Å². The molecule has 0 aromatic carbocycles. The summed E-state index contributed by atoms with van der Waals surface area (Å²) in [5, 5.41) is 6.48. The molecule has 190 valence electrons. The molecule has 2 atom stereocenters. The molecule has 2 aliphatic rings. The van der Waals surface area contributed by atoms with E-state index in [4.69, 9.17) is 20.3 Å². The van der Waals surface area contributed by atoms with Crippen LogP contribution < -0.4 is 31.7 Å². The molecule has 1 aromatic rings. The van der Waals surface area contributed by atoms with Crippen molar-refractivity contribution in [2.45, 2.75) is 64.8 Å². The number of piperazine rings is 2. The van der Waals surface area contributed by atoms with Crippen molar-refractivity contribution in [1.29, 1.82) is 0 Å². The van der Waals surface area contributed by atoms with Crippen LogP contribution >= 0.6 is 0 Å². The van der Waals surface area contributed by atoms with Gasteiger partial charge < -0.3 is 35.3 Å². The molecule has 2 saturated heterocycles. The summed E-state index contributed by atoms with van der Waals surface area (Å²) in [4.78, 5) is 38.9. The summed E-state index contributed by atoms with van der Waals surface area (Å²) in [5.74, 6) is 6.26. The Morgan fingerprint density at radius 3 is 1.94 bits per heavy atom. The van der Waals surface area contributed by atoms with Crippen LogP contribution in [0.25, 0.3) is 0 Å². The molecule has 34 heavy (non-hydrogen) atoms. The average Bonchev–Trinajstić information content (AvgIpc) is 2.76. The number of esters is 2. The third-order valence-corrected chi connectivity index (χ3v) is 5.24. The smallest absolute Gasteiger partial charge is 0.330 e. The predicted molar refractivity (Wildman–Crippen MR) is 130 cm³/mol. The predicted octanol–water partition coefficient (Wildman–Crippen LogP) is 0.00200. The Labute approximate surface area is 200 Å². The van der Waals surface area contributed by atoms with Gasteiger partial charge in [-0.15, -0.1) is 0 Å². The lowest BCUT2D eigenvalue weighted by Crippen LogP contribution is -2.58. The minimum absolute atomic E-state index is 0.337. The van der Waals surface area contributed by atoms with Crippen molar-refractivity contribution in [3.05, 3.63) is 6.07 Å². The Morgan fingerprint density at radius 1 is 0.941 bits per heavy atom. The average molecular weight is 479 g/mol. The minimum atomic E-state index is -0.617. The number of aromatic nitrogens is 2. The van der Waals surface area contributed by atoms with Crippen LogP contribution in [-0.2, 0) is 19.1 Å². The second-order valence-corrected chi connectivity index (χ2v) is 10.4. The second-order valence-electron chi connectivity index (χ2n) is 10.4.